The van der Waals surface area contributed by atoms with Gasteiger partial charge >= 0.3 is 0 Å². The van der Waals surface area contributed by atoms with Crippen LogP contribution in [0.1, 0.15) is 22.3 Å². The summed E-state index contributed by atoms with van der Waals surface area (Å²) in [4.78, 5) is 6.45. The largest absolute Gasteiger partial charge is 0.356 e. The minimum absolute atomic E-state index is 0. The van der Waals surface area contributed by atoms with E-state index in [0.717, 1.165) is 43.1 Å². The highest BCUT2D eigenvalue weighted by atomic mass is 127. The van der Waals surface area contributed by atoms with Crippen LogP contribution >= 0.6 is 24.0 Å². The number of nitrogens with one attached hydrogen (secondary N) is 2. The fourth-order valence-electron chi connectivity index (χ4n) is 2.88. The van der Waals surface area contributed by atoms with E-state index in [-0.39, 0.29) is 29.8 Å². The summed E-state index contributed by atoms with van der Waals surface area (Å²) < 4.78 is 13.2. The summed E-state index contributed by atoms with van der Waals surface area (Å²) in [5.41, 5.74) is 4.69. The Bertz CT molecular complexity index is 747. The average molecular weight is 484 g/mol. The first-order valence-electron chi connectivity index (χ1n) is 8.90. The molecule has 0 aliphatic carbocycles. The fourth-order valence-corrected chi connectivity index (χ4v) is 2.88. The summed E-state index contributed by atoms with van der Waals surface area (Å²) in [6, 6.07) is 13.4. The van der Waals surface area contributed by atoms with Crippen LogP contribution in [0, 0.1) is 12.7 Å². The summed E-state index contributed by atoms with van der Waals surface area (Å²) in [5, 5.41) is 6.69. The van der Waals surface area contributed by atoms with Crippen molar-refractivity contribution < 1.29 is 4.39 Å². The number of rotatable bonds is 7. The van der Waals surface area contributed by atoms with E-state index in [4.69, 9.17) is 0 Å². The van der Waals surface area contributed by atoms with Crippen molar-refractivity contribution in [3.8, 4) is 0 Å². The predicted octanol–water partition coefficient (Wildman–Crippen LogP) is 3.72. The molecule has 0 atom stereocenters. The number of aryl methyl sites for hydroxylation is 1. The van der Waals surface area contributed by atoms with E-state index >= 15 is 0 Å². The van der Waals surface area contributed by atoms with E-state index in [1.165, 1.54) is 17.2 Å². The average Bonchev–Trinajstić information content (AvgIpc) is 2.60. The van der Waals surface area contributed by atoms with Crippen molar-refractivity contribution >= 4 is 29.9 Å². The highest BCUT2D eigenvalue weighted by Gasteiger charge is 2.05. The second-order valence-electron chi connectivity index (χ2n) is 6.68. The molecule has 0 spiro atoms. The highest BCUT2D eigenvalue weighted by molar-refractivity contribution is 14.0. The van der Waals surface area contributed by atoms with Crippen molar-refractivity contribution in [1.82, 2.24) is 15.5 Å². The fraction of sp³-hybridized carbons (Fsp3) is 0.381. The van der Waals surface area contributed by atoms with Gasteiger partial charge in [0.15, 0.2) is 5.96 Å². The molecule has 6 heteroatoms. The molecule has 0 aromatic heterocycles. The molecular weight excluding hydrogens is 454 g/mol. The molecule has 0 fully saturated rings. The lowest BCUT2D eigenvalue weighted by Crippen LogP contribution is -2.38. The Morgan fingerprint density at radius 1 is 1.04 bits per heavy atom. The standard InChI is InChI=1S/C21H29FN4.HI/c1-16-13-20(22)10-9-17(16)11-12-24-21(23-2)25-14-18-7-5-6-8-19(18)15-26(3)4;/h5-10,13H,11-12,14-15H2,1-4H3,(H2,23,24,25);1H. The van der Waals surface area contributed by atoms with E-state index in [2.05, 4.69) is 58.9 Å². The third-order valence-corrected chi connectivity index (χ3v) is 4.27. The van der Waals surface area contributed by atoms with Crippen LogP contribution in [0.4, 0.5) is 4.39 Å². The summed E-state index contributed by atoms with van der Waals surface area (Å²) in [6.07, 6.45) is 0.823. The number of nitrogens with zero attached hydrogens (tertiary/aromatic N) is 2. The lowest BCUT2D eigenvalue weighted by atomic mass is 10.1. The second-order valence-corrected chi connectivity index (χ2v) is 6.68. The molecular formula is C21H30FIN4. The van der Waals surface area contributed by atoms with Crippen LogP contribution in [0.25, 0.3) is 0 Å². The molecule has 2 rings (SSSR count). The molecule has 0 aliphatic rings. The maximum absolute atomic E-state index is 13.2. The third-order valence-electron chi connectivity index (χ3n) is 4.27. The zero-order chi connectivity index (χ0) is 18.9. The van der Waals surface area contributed by atoms with E-state index in [1.54, 1.807) is 13.1 Å². The quantitative estimate of drug-likeness (QED) is 0.358. The molecule has 148 valence electrons. The van der Waals surface area contributed by atoms with Crippen LogP contribution in [-0.4, -0.2) is 38.5 Å². The van der Waals surface area contributed by atoms with Crippen LogP contribution in [-0.2, 0) is 19.5 Å². The Kier molecular flexibility index (Phi) is 10.3. The Morgan fingerprint density at radius 2 is 1.74 bits per heavy atom. The molecule has 0 saturated carbocycles. The van der Waals surface area contributed by atoms with Gasteiger partial charge in [0.1, 0.15) is 5.82 Å². The number of hydrogen-bond acceptors (Lipinski definition) is 2. The van der Waals surface area contributed by atoms with Gasteiger partial charge in [-0.3, -0.25) is 4.99 Å². The molecule has 0 amide bonds. The summed E-state index contributed by atoms with van der Waals surface area (Å²) in [5.74, 6) is 0.581. The Morgan fingerprint density at radius 3 is 2.37 bits per heavy atom. The highest BCUT2D eigenvalue weighted by Crippen LogP contribution is 2.11. The molecule has 0 heterocycles. The molecule has 2 aromatic rings. The van der Waals surface area contributed by atoms with Gasteiger partial charge in [-0.1, -0.05) is 30.3 Å². The Balaban J connectivity index is 0.00000364. The maximum Gasteiger partial charge on any atom is 0.191 e. The minimum atomic E-state index is -0.187. The van der Waals surface area contributed by atoms with Gasteiger partial charge in [-0.25, -0.2) is 4.39 Å². The van der Waals surface area contributed by atoms with Crippen molar-refractivity contribution in [3.63, 3.8) is 0 Å². The lowest BCUT2D eigenvalue weighted by molar-refractivity contribution is 0.400. The summed E-state index contributed by atoms with van der Waals surface area (Å²) in [7, 11) is 5.91. The van der Waals surface area contributed by atoms with Gasteiger partial charge in [-0.2, -0.15) is 0 Å². The first-order chi connectivity index (χ1) is 12.5. The molecule has 0 bridgehead atoms. The Labute approximate surface area is 179 Å². The van der Waals surface area contributed by atoms with Crippen LogP contribution < -0.4 is 10.6 Å². The van der Waals surface area contributed by atoms with Gasteiger partial charge < -0.3 is 15.5 Å². The third kappa shape index (κ3) is 7.84. The molecule has 0 radical (unpaired) electrons. The second kappa shape index (κ2) is 11.9. The van der Waals surface area contributed by atoms with Crippen molar-refractivity contribution in [2.75, 3.05) is 27.7 Å². The van der Waals surface area contributed by atoms with E-state index in [9.17, 15) is 4.39 Å². The van der Waals surface area contributed by atoms with Crippen LogP contribution in [0.2, 0.25) is 0 Å². The Hall–Kier alpha value is -1.67. The van der Waals surface area contributed by atoms with Gasteiger partial charge in [0.05, 0.1) is 0 Å². The molecule has 2 N–H and O–H groups in total. The SMILES string of the molecule is CN=C(NCCc1ccc(F)cc1C)NCc1ccccc1CN(C)C.I. The molecule has 0 aliphatic heterocycles. The smallest absolute Gasteiger partial charge is 0.191 e. The number of guanidine groups is 1. The van der Waals surface area contributed by atoms with Crippen LogP contribution in [0.15, 0.2) is 47.5 Å². The van der Waals surface area contributed by atoms with Crippen LogP contribution in [0.5, 0.6) is 0 Å². The van der Waals surface area contributed by atoms with E-state index in [0.29, 0.717) is 0 Å². The molecule has 0 unspecified atom stereocenters. The van der Waals surface area contributed by atoms with Gasteiger partial charge in [0.2, 0.25) is 0 Å². The van der Waals surface area contributed by atoms with Gasteiger partial charge in [-0.05, 0) is 61.8 Å². The van der Waals surface area contributed by atoms with Crippen molar-refractivity contribution in [2.45, 2.75) is 26.4 Å². The summed E-state index contributed by atoms with van der Waals surface area (Å²) in [6.45, 7) is 4.31. The normalized spacial score (nSPS) is 11.3. The van der Waals surface area contributed by atoms with Gasteiger partial charge in [0, 0.05) is 26.7 Å². The predicted molar refractivity (Wildman–Crippen MR) is 122 cm³/mol. The number of hydrogen-bond donors (Lipinski definition) is 2. The van der Waals surface area contributed by atoms with Crippen molar-refractivity contribution in [2.24, 2.45) is 4.99 Å². The zero-order valence-electron chi connectivity index (χ0n) is 16.6. The van der Waals surface area contributed by atoms with E-state index in [1.807, 2.05) is 13.0 Å². The first-order valence-corrected chi connectivity index (χ1v) is 8.90. The van der Waals surface area contributed by atoms with E-state index < -0.39 is 0 Å². The molecule has 2 aromatic carbocycles. The molecule has 4 nitrogen and oxygen atoms in total. The monoisotopic (exact) mass is 484 g/mol. The topological polar surface area (TPSA) is 39.7 Å². The number of halogens is 2. The van der Waals surface area contributed by atoms with Crippen LogP contribution in [0.3, 0.4) is 0 Å². The summed E-state index contributed by atoms with van der Waals surface area (Å²) >= 11 is 0. The first kappa shape index (κ1) is 23.4. The minimum Gasteiger partial charge on any atom is -0.356 e. The number of aliphatic imine (C=N–C) groups is 1. The van der Waals surface area contributed by atoms with Gasteiger partial charge in [0.25, 0.3) is 0 Å². The maximum atomic E-state index is 13.2. The molecule has 27 heavy (non-hydrogen) atoms. The number of benzene rings is 2. The molecule has 0 saturated heterocycles. The van der Waals surface area contributed by atoms with Gasteiger partial charge in [-0.15, -0.1) is 24.0 Å². The van der Waals surface area contributed by atoms with Crippen molar-refractivity contribution in [1.29, 1.82) is 0 Å². The lowest BCUT2D eigenvalue weighted by Gasteiger charge is -2.16. The van der Waals surface area contributed by atoms with Crippen molar-refractivity contribution in [3.05, 3.63) is 70.5 Å². The zero-order valence-corrected chi connectivity index (χ0v) is 18.9.